The van der Waals surface area contributed by atoms with Crippen LogP contribution in [0.2, 0.25) is 0 Å². The Kier molecular flexibility index (Phi) is 4.50. The van der Waals surface area contributed by atoms with Gasteiger partial charge in [0.25, 0.3) is 5.91 Å². The highest BCUT2D eigenvalue weighted by Crippen LogP contribution is 2.41. The average Bonchev–Trinajstić information content (AvgIpc) is 3.37. The van der Waals surface area contributed by atoms with Crippen LogP contribution in [0.15, 0.2) is 4.52 Å². The van der Waals surface area contributed by atoms with Crippen LogP contribution in [0.25, 0.3) is 0 Å². The Labute approximate surface area is 153 Å². The van der Waals surface area contributed by atoms with E-state index in [9.17, 15) is 14.7 Å². The Morgan fingerprint density at radius 1 is 1.35 bits per heavy atom. The molecule has 2 aliphatic heterocycles. The molecule has 7 nitrogen and oxygen atoms in total. The number of likely N-dealkylation sites (tertiary alicyclic amines) is 2. The van der Waals surface area contributed by atoms with E-state index >= 15 is 0 Å². The van der Waals surface area contributed by atoms with E-state index < -0.39 is 0 Å². The predicted molar refractivity (Wildman–Crippen MR) is 93.3 cm³/mol. The van der Waals surface area contributed by atoms with E-state index in [4.69, 9.17) is 4.52 Å². The fourth-order valence-corrected chi connectivity index (χ4v) is 4.49. The number of aliphatic hydroxyl groups excluding tert-OH is 1. The van der Waals surface area contributed by atoms with Gasteiger partial charge in [-0.05, 0) is 44.9 Å². The molecule has 0 radical (unpaired) electrons. The second-order valence-corrected chi connectivity index (χ2v) is 8.27. The Morgan fingerprint density at radius 3 is 2.88 bits per heavy atom. The molecule has 0 unspecified atom stereocenters. The molecule has 0 aromatic carbocycles. The fraction of sp³-hybridized carbons (Fsp3) is 0.737. The van der Waals surface area contributed by atoms with Gasteiger partial charge in [0.1, 0.15) is 5.76 Å². The number of hydrogen-bond donors (Lipinski definition) is 1. The van der Waals surface area contributed by atoms with Crippen molar-refractivity contribution in [1.82, 2.24) is 15.0 Å². The predicted octanol–water partition coefficient (Wildman–Crippen LogP) is 1.73. The van der Waals surface area contributed by atoms with Crippen molar-refractivity contribution >= 4 is 11.8 Å². The monoisotopic (exact) mass is 361 g/mol. The van der Waals surface area contributed by atoms with E-state index in [1.807, 2.05) is 9.80 Å². The van der Waals surface area contributed by atoms with E-state index in [0.29, 0.717) is 36.8 Å². The number of hydrogen-bond acceptors (Lipinski definition) is 5. The molecule has 26 heavy (non-hydrogen) atoms. The fourth-order valence-electron chi connectivity index (χ4n) is 4.49. The Balaban J connectivity index is 1.49. The zero-order valence-electron chi connectivity index (χ0n) is 15.4. The maximum Gasteiger partial charge on any atom is 0.276 e. The summed E-state index contributed by atoms with van der Waals surface area (Å²) < 4.78 is 5.11. The lowest BCUT2D eigenvalue weighted by Crippen LogP contribution is -2.55. The largest absolute Gasteiger partial charge is 0.391 e. The van der Waals surface area contributed by atoms with Gasteiger partial charge in [-0.15, -0.1) is 0 Å². The van der Waals surface area contributed by atoms with Crippen LogP contribution < -0.4 is 0 Å². The standard InChI is InChI=1S/C19H27N3O4/c1-13-15(10-23)17(20-26-13)18(25)21-8-2-6-19(11-21)7-5-16(24)22(12-19)9-14-3-4-14/h14,23H,2-12H2,1H3/t19-/m1/s1. The molecule has 1 spiro atoms. The molecule has 3 fully saturated rings. The molecule has 1 aromatic rings. The third-order valence-electron chi connectivity index (χ3n) is 6.22. The maximum atomic E-state index is 13.0. The molecule has 142 valence electrons. The number of carbonyl (C=O) groups excluding carboxylic acids is 2. The Morgan fingerprint density at radius 2 is 2.15 bits per heavy atom. The minimum absolute atomic E-state index is 0.00509. The van der Waals surface area contributed by atoms with E-state index in [2.05, 4.69) is 5.16 Å². The number of nitrogens with zero attached hydrogens (tertiary/aromatic N) is 3. The van der Waals surface area contributed by atoms with Crippen molar-refractivity contribution in [2.24, 2.45) is 11.3 Å². The number of carbonyl (C=O) groups is 2. The summed E-state index contributed by atoms with van der Waals surface area (Å²) >= 11 is 0. The van der Waals surface area contributed by atoms with Crippen LogP contribution in [0.3, 0.4) is 0 Å². The zero-order valence-corrected chi connectivity index (χ0v) is 15.4. The molecule has 1 saturated carbocycles. The Bertz CT molecular complexity index is 712. The van der Waals surface area contributed by atoms with Crippen molar-refractivity contribution in [3.8, 4) is 0 Å². The highest BCUT2D eigenvalue weighted by molar-refractivity contribution is 5.94. The summed E-state index contributed by atoms with van der Waals surface area (Å²) in [6.45, 7) is 4.43. The van der Waals surface area contributed by atoms with Gasteiger partial charge >= 0.3 is 0 Å². The highest BCUT2D eigenvalue weighted by Gasteiger charge is 2.44. The molecule has 1 N–H and O–H groups in total. The van der Waals surface area contributed by atoms with Crippen LogP contribution in [-0.4, -0.2) is 58.1 Å². The third kappa shape index (κ3) is 3.24. The molecular weight excluding hydrogens is 334 g/mol. The van der Waals surface area contributed by atoms with Crippen molar-refractivity contribution in [1.29, 1.82) is 0 Å². The lowest BCUT2D eigenvalue weighted by Gasteiger charge is -2.48. The number of amides is 2. The summed E-state index contributed by atoms with van der Waals surface area (Å²) in [5.74, 6) is 1.26. The van der Waals surface area contributed by atoms with Crippen molar-refractivity contribution in [2.45, 2.75) is 52.1 Å². The smallest absolute Gasteiger partial charge is 0.276 e. The second-order valence-electron chi connectivity index (χ2n) is 8.27. The van der Waals surface area contributed by atoms with E-state index in [0.717, 1.165) is 32.4 Å². The van der Waals surface area contributed by atoms with Crippen LogP contribution in [-0.2, 0) is 11.4 Å². The number of aliphatic hydroxyl groups is 1. The van der Waals surface area contributed by atoms with E-state index in [-0.39, 0.29) is 29.5 Å². The van der Waals surface area contributed by atoms with Crippen LogP contribution in [0.1, 0.15) is 60.3 Å². The first kappa shape index (κ1) is 17.5. The summed E-state index contributed by atoms with van der Waals surface area (Å²) in [6, 6.07) is 0. The first-order valence-electron chi connectivity index (χ1n) is 9.64. The summed E-state index contributed by atoms with van der Waals surface area (Å²) in [5, 5.41) is 13.4. The zero-order chi connectivity index (χ0) is 18.3. The third-order valence-corrected chi connectivity index (χ3v) is 6.22. The minimum atomic E-state index is -0.251. The van der Waals surface area contributed by atoms with Crippen molar-refractivity contribution in [3.63, 3.8) is 0 Å². The van der Waals surface area contributed by atoms with Crippen molar-refractivity contribution in [3.05, 3.63) is 17.0 Å². The molecule has 2 saturated heterocycles. The first-order valence-corrected chi connectivity index (χ1v) is 9.64. The summed E-state index contributed by atoms with van der Waals surface area (Å²) in [6.07, 6.45) is 5.88. The number of aryl methyl sites for hydroxylation is 1. The molecule has 7 heteroatoms. The molecule has 1 aromatic heterocycles. The number of rotatable bonds is 4. The molecule has 0 bridgehead atoms. The number of aromatic nitrogens is 1. The lowest BCUT2D eigenvalue weighted by molar-refractivity contribution is -0.139. The SMILES string of the molecule is Cc1onc(C(=O)N2CCC[C@@]3(CCC(=O)N(CC4CC4)C3)C2)c1CO. The maximum absolute atomic E-state index is 13.0. The van der Waals surface area contributed by atoms with Gasteiger partial charge in [0, 0.05) is 38.0 Å². The minimum Gasteiger partial charge on any atom is -0.391 e. The van der Waals surface area contributed by atoms with Gasteiger partial charge in [-0.25, -0.2) is 0 Å². The second kappa shape index (κ2) is 6.68. The van der Waals surface area contributed by atoms with Crippen LogP contribution >= 0.6 is 0 Å². The molecule has 3 aliphatic rings. The lowest BCUT2D eigenvalue weighted by atomic mass is 9.73. The normalized spacial score (nSPS) is 26.6. The van der Waals surface area contributed by atoms with Gasteiger partial charge in [-0.2, -0.15) is 0 Å². The molecule has 1 atom stereocenters. The van der Waals surface area contributed by atoms with E-state index in [1.54, 1.807) is 6.92 Å². The molecule has 4 rings (SSSR count). The summed E-state index contributed by atoms with van der Waals surface area (Å²) in [4.78, 5) is 29.1. The van der Waals surface area contributed by atoms with Gasteiger partial charge in [-0.3, -0.25) is 9.59 Å². The molecular formula is C19H27N3O4. The summed E-state index contributed by atoms with van der Waals surface area (Å²) in [5.41, 5.74) is 0.696. The van der Waals surface area contributed by atoms with Gasteiger partial charge in [0.15, 0.2) is 5.69 Å². The topological polar surface area (TPSA) is 86.9 Å². The van der Waals surface area contributed by atoms with Gasteiger partial charge < -0.3 is 19.4 Å². The molecule has 3 heterocycles. The highest BCUT2D eigenvalue weighted by atomic mass is 16.5. The van der Waals surface area contributed by atoms with Crippen LogP contribution in [0.5, 0.6) is 0 Å². The van der Waals surface area contributed by atoms with E-state index in [1.165, 1.54) is 12.8 Å². The van der Waals surface area contributed by atoms with Gasteiger partial charge in [0.2, 0.25) is 5.91 Å². The van der Waals surface area contributed by atoms with Crippen molar-refractivity contribution in [2.75, 3.05) is 26.2 Å². The van der Waals surface area contributed by atoms with Crippen LogP contribution in [0.4, 0.5) is 0 Å². The quantitative estimate of drug-likeness (QED) is 0.882. The van der Waals surface area contributed by atoms with Crippen LogP contribution in [0, 0.1) is 18.3 Å². The van der Waals surface area contributed by atoms with Gasteiger partial charge in [-0.1, -0.05) is 5.16 Å². The molecule has 2 amide bonds. The van der Waals surface area contributed by atoms with Gasteiger partial charge in [0.05, 0.1) is 12.2 Å². The first-order chi connectivity index (χ1) is 12.5. The Hall–Kier alpha value is -1.89. The average molecular weight is 361 g/mol. The van der Waals surface area contributed by atoms with Crippen molar-refractivity contribution < 1.29 is 19.2 Å². The molecule has 1 aliphatic carbocycles. The number of piperidine rings is 2. The summed E-state index contributed by atoms with van der Waals surface area (Å²) in [7, 11) is 0.